The van der Waals surface area contributed by atoms with Crippen LogP contribution in [0.4, 0.5) is 0 Å². The van der Waals surface area contributed by atoms with Crippen LogP contribution in [0.25, 0.3) is 0 Å². The zero-order valence-corrected chi connectivity index (χ0v) is 12.1. The predicted molar refractivity (Wildman–Crippen MR) is 80.6 cm³/mol. The molecule has 1 N–H and O–H groups in total. The number of benzene rings is 1. The fourth-order valence-electron chi connectivity index (χ4n) is 2.18. The number of pyridine rings is 1. The van der Waals surface area contributed by atoms with E-state index in [2.05, 4.69) is 48.4 Å². The SMILES string of the molecule is CCNC(c1ccc(CC)cc1)c1ccncc1Cl. The van der Waals surface area contributed by atoms with Crippen LogP contribution in [-0.4, -0.2) is 11.5 Å². The van der Waals surface area contributed by atoms with E-state index in [4.69, 9.17) is 11.6 Å². The van der Waals surface area contributed by atoms with Crippen molar-refractivity contribution in [3.63, 3.8) is 0 Å². The Morgan fingerprint density at radius 2 is 1.89 bits per heavy atom. The highest BCUT2D eigenvalue weighted by Crippen LogP contribution is 2.27. The molecule has 100 valence electrons. The summed E-state index contributed by atoms with van der Waals surface area (Å²) in [6, 6.07) is 10.8. The fourth-order valence-corrected chi connectivity index (χ4v) is 2.41. The minimum absolute atomic E-state index is 0.117. The molecule has 1 aromatic carbocycles. The number of hydrogen-bond acceptors (Lipinski definition) is 2. The van der Waals surface area contributed by atoms with Crippen LogP contribution in [0.1, 0.15) is 36.6 Å². The van der Waals surface area contributed by atoms with Crippen LogP contribution < -0.4 is 5.32 Å². The second-order valence-corrected chi connectivity index (χ2v) is 4.89. The highest BCUT2D eigenvalue weighted by atomic mass is 35.5. The second-order valence-electron chi connectivity index (χ2n) is 4.48. The standard InChI is InChI=1S/C16H19ClN2/c1-3-12-5-7-13(8-6-12)16(19-4-2)14-9-10-18-11-15(14)17/h5-11,16,19H,3-4H2,1-2H3. The van der Waals surface area contributed by atoms with Crippen LogP contribution in [0.5, 0.6) is 0 Å². The maximum atomic E-state index is 6.26. The molecular formula is C16H19ClN2. The summed E-state index contributed by atoms with van der Waals surface area (Å²) in [5, 5.41) is 4.18. The molecule has 3 heteroatoms. The normalized spacial score (nSPS) is 12.4. The van der Waals surface area contributed by atoms with Crippen molar-refractivity contribution in [1.29, 1.82) is 0 Å². The third-order valence-corrected chi connectivity index (χ3v) is 3.56. The Morgan fingerprint density at radius 1 is 1.16 bits per heavy atom. The van der Waals surface area contributed by atoms with Crippen LogP contribution in [0, 0.1) is 0 Å². The highest BCUT2D eigenvalue weighted by Gasteiger charge is 2.15. The largest absolute Gasteiger partial charge is 0.306 e. The van der Waals surface area contributed by atoms with Crippen molar-refractivity contribution in [2.75, 3.05) is 6.54 Å². The van der Waals surface area contributed by atoms with Gasteiger partial charge in [0.15, 0.2) is 0 Å². The van der Waals surface area contributed by atoms with Gasteiger partial charge in [-0.05, 0) is 35.7 Å². The molecule has 0 spiro atoms. The van der Waals surface area contributed by atoms with Gasteiger partial charge in [-0.2, -0.15) is 0 Å². The first-order valence-electron chi connectivity index (χ1n) is 6.67. The fraction of sp³-hybridized carbons (Fsp3) is 0.312. The zero-order valence-electron chi connectivity index (χ0n) is 11.4. The maximum absolute atomic E-state index is 6.26. The molecule has 0 aliphatic carbocycles. The van der Waals surface area contributed by atoms with Gasteiger partial charge in [0.05, 0.1) is 11.1 Å². The van der Waals surface area contributed by atoms with Gasteiger partial charge in [-0.3, -0.25) is 4.98 Å². The van der Waals surface area contributed by atoms with Crippen molar-refractivity contribution >= 4 is 11.6 Å². The Morgan fingerprint density at radius 3 is 2.47 bits per heavy atom. The van der Waals surface area contributed by atoms with Gasteiger partial charge in [-0.1, -0.05) is 49.7 Å². The van der Waals surface area contributed by atoms with E-state index in [1.165, 1.54) is 11.1 Å². The van der Waals surface area contributed by atoms with E-state index in [9.17, 15) is 0 Å². The minimum atomic E-state index is 0.117. The number of rotatable bonds is 5. The molecular weight excluding hydrogens is 256 g/mol. The Hall–Kier alpha value is -1.38. The molecule has 2 rings (SSSR count). The van der Waals surface area contributed by atoms with Crippen molar-refractivity contribution in [3.8, 4) is 0 Å². The smallest absolute Gasteiger partial charge is 0.0640 e. The molecule has 1 heterocycles. The van der Waals surface area contributed by atoms with E-state index >= 15 is 0 Å². The molecule has 2 aromatic rings. The van der Waals surface area contributed by atoms with E-state index < -0.39 is 0 Å². The molecule has 1 unspecified atom stereocenters. The molecule has 2 nitrogen and oxygen atoms in total. The molecule has 0 aliphatic heterocycles. The van der Waals surface area contributed by atoms with Crippen molar-refractivity contribution in [2.45, 2.75) is 26.3 Å². The summed E-state index contributed by atoms with van der Waals surface area (Å²) in [6.07, 6.45) is 4.54. The van der Waals surface area contributed by atoms with Gasteiger partial charge in [0, 0.05) is 12.4 Å². The van der Waals surface area contributed by atoms with Crippen LogP contribution in [-0.2, 0) is 6.42 Å². The summed E-state index contributed by atoms with van der Waals surface area (Å²) in [4.78, 5) is 4.05. The second kappa shape index (κ2) is 6.69. The first-order valence-corrected chi connectivity index (χ1v) is 7.05. The van der Waals surface area contributed by atoms with Crippen LogP contribution in [0.3, 0.4) is 0 Å². The number of hydrogen-bond donors (Lipinski definition) is 1. The molecule has 0 radical (unpaired) electrons. The van der Waals surface area contributed by atoms with Gasteiger partial charge in [-0.25, -0.2) is 0 Å². The molecule has 19 heavy (non-hydrogen) atoms. The monoisotopic (exact) mass is 274 g/mol. The number of halogens is 1. The lowest BCUT2D eigenvalue weighted by molar-refractivity contribution is 0.630. The maximum Gasteiger partial charge on any atom is 0.0640 e. The first-order chi connectivity index (χ1) is 9.26. The number of nitrogens with one attached hydrogen (secondary N) is 1. The van der Waals surface area contributed by atoms with E-state index in [0.29, 0.717) is 5.02 Å². The topological polar surface area (TPSA) is 24.9 Å². The summed E-state index contributed by atoms with van der Waals surface area (Å²) in [6.45, 7) is 5.15. The number of aryl methyl sites for hydroxylation is 1. The van der Waals surface area contributed by atoms with Gasteiger partial charge in [-0.15, -0.1) is 0 Å². The summed E-state index contributed by atoms with van der Waals surface area (Å²) < 4.78 is 0. The summed E-state index contributed by atoms with van der Waals surface area (Å²) >= 11 is 6.26. The Labute approximate surface area is 119 Å². The third-order valence-electron chi connectivity index (χ3n) is 3.24. The van der Waals surface area contributed by atoms with Gasteiger partial charge >= 0.3 is 0 Å². The molecule has 0 aliphatic rings. The summed E-state index contributed by atoms with van der Waals surface area (Å²) in [5.41, 5.74) is 3.65. The van der Waals surface area contributed by atoms with E-state index in [0.717, 1.165) is 18.5 Å². The predicted octanol–water partition coefficient (Wildman–Crippen LogP) is 4.00. The van der Waals surface area contributed by atoms with Crippen LogP contribution in [0.2, 0.25) is 5.02 Å². The number of nitrogens with zero attached hydrogens (tertiary/aromatic N) is 1. The molecule has 0 amide bonds. The Kier molecular flexibility index (Phi) is 4.94. The highest BCUT2D eigenvalue weighted by molar-refractivity contribution is 6.31. The van der Waals surface area contributed by atoms with Gasteiger partial charge in [0.2, 0.25) is 0 Å². The average molecular weight is 275 g/mol. The lowest BCUT2D eigenvalue weighted by Gasteiger charge is -2.20. The molecule has 1 aromatic heterocycles. The Bertz CT molecular complexity index is 523. The van der Waals surface area contributed by atoms with Crippen LogP contribution in [0.15, 0.2) is 42.7 Å². The molecule has 1 atom stereocenters. The molecule has 0 bridgehead atoms. The number of aromatic nitrogens is 1. The summed E-state index contributed by atoms with van der Waals surface area (Å²) in [5.74, 6) is 0. The van der Waals surface area contributed by atoms with Crippen molar-refractivity contribution in [3.05, 3.63) is 64.4 Å². The summed E-state index contributed by atoms with van der Waals surface area (Å²) in [7, 11) is 0. The van der Waals surface area contributed by atoms with E-state index in [-0.39, 0.29) is 6.04 Å². The van der Waals surface area contributed by atoms with Gasteiger partial charge in [0.1, 0.15) is 0 Å². The average Bonchev–Trinajstić information content (AvgIpc) is 2.46. The quantitative estimate of drug-likeness (QED) is 0.892. The zero-order chi connectivity index (χ0) is 13.7. The van der Waals surface area contributed by atoms with E-state index in [1.54, 1.807) is 12.4 Å². The molecule has 0 fully saturated rings. The first kappa shape index (κ1) is 14.0. The van der Waals surface area contributed by atoms with Gasteiger partial charge in [0.25, 0.3) is 0 Å². The van der Waals surface area contributed by atoms with E-state index in [1.807, 2.05) is 6.07 Å². The lowest BCUT2D eigenvalue weighted by Crippen LogP contribution is -2.22. The van der Waals surface area contributed by atoms with Gasteiger partial charge < -0.3 is 5.32 Å². The van der Waals surface area contributed by atoms with Crippen molar-refractivity contribution in [1.82, 2.24) is 10.3 Å². The molecule has 0 saturated carbocycles. The van der Waals surface area contributed by atoms with Crippen molar-refractivity contribution in [2.24, 2.45) is 0 Å². The third kappa shape index (κ3) is 3.34. The minimum Gasteiger partial charge on any atom is -0.306 e. The van der Waals surface area contributed by atoms with Crippen molar-refractivity contribution < 1.29 is 0 Å². The lowest BCUT2D eigenvalue weighted by atomic mass is 9.98. The van der Waals surface area contributed by atoms with Crippen LogP contribution >= 0.6 is 11.6 Å². The molecule has 0 saturated heterocycles. The Balaban J connectivity index is 2.36.